The van der Waals surface area contributed by atoms with E-state index in [9.17, 15) is 19.5 Å². The molecule has 1 fully saturated rings. The van der Waals surface area contributed by atoms with Crippen LogP contribution in [0.5, 0.6) is 17.2 Å². The molecule has 1 unspecified atom stereocenters. The highest BCUT2D eigenvalue weighted by Crippen LogP contribution is 2.42. The molecule has 0 spiro atoms. The van der Waals surface area contributed by atoms with Gasteiger partial charge in [-0.3, -0.25) is 14.4 Å². The van der Waals surface area contributed by atoms with E-state index in [1.165, 1.54) is 39.2 Å². The van der Waals surface area contributed by atoms with Crippen LogP contribution in [0, 0.1) is 0 Å². The molecule has 2 aromatic rings. The van der Waals surface area contributed by atoms with Gasteiger partial charge in [0.15, 0.2) is 0 Å². The summed E-state index contributed by atoms with van der Waals surface area (Å²) >= 11 is 0. The predicted molar refractivity (Wildman–Crippen MR) is 118 cm³/mol. The topological polar surface area (TPSA) is 112 Å². The molecule has 0 aromatic heterocycles. The average Bonchev–Trinajstić information content (AvgIpc) is 3.06. The first-order valence-electron chi connectivity index (χ1n) is 10.1. The molecular formula is C24H25NO8. The van der Waals surface area contributed by atoms with Crippen molar-refractivity contribution in [3.8, 4) is 17.2 Å². The quantitative estimate of drug-likeness (QED) is 0.213. The molecule has 2 aromatic carbocycles. The number of hydrogen-bond acceptors (Lipinski definition) is 8. The summed E-state index contributed by atoms with van der Waals surface area (Å²) in [6.45, 7) is 1.55. The Morgan fingerprint density at radius 3 is 2.42 bits per heavy atom. The van der Waals surface area contributed by atoms with Crippen molar-refractivity contribution in [2.45, 2.75) is 13.0 Å². The Balaban J connectivity index is 2.22. The van der Waals surface area contributed by atoms with Gasteiger partial charge in [0.1, 0.15) is 23.0 Å². The van der Waals surface area contributed by atoms with Crippen molar-refractivity contribution in [2.24, 2.45) is 0 Å². The fourth-order valence-corrected chi connectivity index (χ4v) is 3.71. The molecule has 1 saturated heterocycles. The molecular weight excluding hydrogens is 430 g/mol. The van der Waals surface area contributed by atoms with Gasteiger partial charge in [-0.15, -0.1) is 0 Å². The van der Waals surface area contributed by atoms with Crippen LogP contribution >= 0.6 is 0 Å². The standard InChI is InChI=1S/C24H25NO8/c1-14(26)33-17-7-5-6-15(12-17)21-20(23(28)24(29)25(21)10-11-30-2)22(27)18-13-16(31-3)8-9-19(18)32-4/h5-9,12-13,21,27H,10-11H2,1-4H3/b22-20+. The Kier molecular flexibility index (Phi) is 7.34. The number of aliphatic hydroxyl groups excluding tert-OH is 1. The third-order valence-corrected chi connectivity index (χ3v) is 5.17. The summed E-state index contributed by atoms with van der Waals surface area (Å²) in [4.78, 5) is 38.7. The SMILES string of the molecule is COCCN1C(=O)C(=O)/C(=C(/O)c2cc(OC)ccc2OC)C1c1cccc(OC(C)=O)c1. The van der Waals surface area contributed by atoms with Gasteiger partial charge in [0.25, 0.3) is 11.7 Å². The molecule has 0 aliphatic carbocycles. The summed E-state index contributed by atoms with van der Waals surface area (Å²) in [7, 11) is 4.37. The van der Waals surface area contributed by atoms with E-state index in [4.69, 9.17) is 18.9 Å². The smallest absolute Gasteiger partial charge is 0.308 e. The van der Waals surface area contributed by atoms with E-state index >= 15 is 0 Å². The molecule has 3 rings (SSSR count). The number of hydrogen-bond donors (Lipinski definition) is 1. The molecule has 9 nitrogen and oxygen atoms in total. The second-order valence-electron chi connectivity index (χ2n) is 7.22. The highest BCUT2D eigenvalue weighted by Gasteiger charge is 2.46. The molecule has 1 aliphatic rings. The first kappa shape index (κ1) is 23.8. The molecule has 9 heteroatoms. The number of ketones is 1. The lowest BCUT2D eigenvalue weighted by Crippen LogP contribution is -2.32. The van der Waals surface area contributed by atoms with E-state index < -0.39 is 29.5 Å². The maximum absolute atomic E-state index is 13.1. The number of aliphatic hydroxyl groups is 1. The van der Waals surface area contributed by atoms with Crippen molar-refractivity contribution < 1.29 is 38.4 Å². The monoisotopic (exact) mass is 455 g/mol. The van der Waals surface area contributed by atoms with Crippen molar-refractivity contribution in [3.63, 3.8) is 0 Å². The minimum absolute atomic E-state index is 0.107. The Morgan fingerprint density at radius 2 is 1.79 bits per heavy atom. The molecule has 174 valence electrons. The number of ether oxygens (including phenoxy) is 4. The van der Waals surface area contributed by atoms with Crippen LogP contribution in [0.15, 0.2) is 48.0 Å². The Hall–Kier alpha value is -3.85. The Morgan fingerprint density at radius 1 is 1.03 bits per heavy atom. The zero-order chi connectivity index (χ0) is 24.1. The summed E-state index contributed by atoms with van der Waals surface area (Å²) in [5.74, 6) is -1.58. The fourth-order valence-electron chi connectivity index (χ4n) is 3.71. The minimum atomic E-state index is -0.938. The van der Waals surface area contributed by atoms with Gasteiger partial charge >= 0.3 is 5.97 Å². The summed E-state index contributed by atoms with van der Waals surface area (Å²) in [6.07, 6.45) is 0. The third-order valence-electron chi connectivity index (χ3n) is 5.17. The highest BCUT2D eigenvalue weighted by atomic mass is 16.5. The molecule has 33 heavy (non-hydrogen) atoms. The second-order valence-corrected chi connectivity index (χ2v) is 7.22. The van der Waals surface area contributed by atoms with Crippen molar-refractivity contribution in [1.29, 1.82) is 0 Å². The van der Waals surface area contributed by atoms with E-state index in [0.717, 1.165) is 0 Å². The molecule has 1 heterocycles. The molecule has 0 bridgehead atoms. The highest BCUT2D eigenvalue weighted by molar-refractivity contribution is 6.46. The minimum Gasteiger partial charge on any atom is -0.507 e. The van der Waals surface area contributed by atoms with Gasteiger partial charge in [-0.25, -0.2) is 0 Å². The van der Waals surface area contributed by atoms with E-state index in [2.05, 4.69) is 0 Å². The Labute approximate surface area is 191 Å². The number of esters is 1. The van der Waals surface area contributed by atoms with Crippen LogP contribution in [0.25, 0.3) is 5.76 Å². The number of carbonyl (C=O) groups is 3. The fraction of sp³-hybridized carbons (Fsp3) is 0.292. The van der Waals surface area contributed by atoms with E-state index in [1.807, 2.05) is 0 Å². The van der Waals surface area contributed by atoms with Crippen LogP contribution in [0.4, 0.5) is 0 Å². The normalized spacial score (nSPS) is 17.2. The first-order valence-corrected chi connectivity index (χ1v) is 10.1. The number of rotatable bonds is 8. The lowest BCUT2D eigenvalue weighted by atomic mass is 9.94. The van der Waals surface area contributed by atoms with Crippen molar-refractivity contribution in [3.05, 3.63) is 59.2 Å². The molecule has 1 atom stereocenters. The summed E-state index contributed by atoms with van der Waals surface area (Å²) in [5, 5.41) is 11.3. The number of amides is 1. The lowest BCUT2D eigenvalue weighted by molar-refractivity contribution is -0.140. The first-order chi connectivity index (χ1) is 15.8. The number of likely N-dealkylation sites (tertiary alicyclic amines) is 1. The molecule has 1 amide bonds. The lowest BCUT2D eigenvalue weighted by Gasteiger charge is -2.25. The van der Waals surface area contributed by atoms with E-state index in [1.54, 1.807) is 36.4 Å². The van der Waals surface area contributed by atoms with Gasteiger partial charge in [-0.1, -0.05) is 12.1 Å². The van der Waals surface area contributed by atoms with Gasteiger partial charge < -0.3 is 29.0 Å². The zero-order valence-corrected chi connectivity index (χ0v) is 18.8. The van der Waals surface area contributed by atoms with Crippen LogP contribution in [-0.2, 0) is 19.1 Å². The number of benzene rings is 2. The van der Waals surface area contributed by atoms with Crippen LogP contribution in [0.3, 0.4) is 0 Å². The van der Waals surface area contributed by atoms with Gasteiger partial charge in [0.2, 0.25) is 0 Å². The van der Waals surface area contributed by atoms with Crippen LogP contribution < -0.4 is 14.2 Å². The third kappa shape index (κ3) is 4.83. The largest absolute Gasteiger partial charge is 0.507 e. The maximum atomic E-state index is 13.1. The van der Waals surface area contributed by atoms with E-state index in [0.29, 0.717) is 17.1 Å². The average molecular weight is 455 g/mol. The molecule has 0 radical (unpaired) electrons. The number of nitrogens with zero attached hydrogens (tertiary/aromatic N) is 1. The summed E-state index contributed by atoms with van der Waals surface area (Å²) in [6, 6.07) is 10.3. The maximum Gasteiger partial charge on any atom is 0.308 e. The Bertz CT molecular complexity index is 1110. The second kappa shape index (κ2) is 10.2. The van der Waals surface area contributed by atoms with Gasteiger partial charge in [-0.2, -0.15) is 0 Å². The van der Waals surface area contributed by atoms with Gasteiger partial charge in [0, 0.05) is 20.6 Å². The number of methoxy groups -OCH3 is 3. The van der Waals surface area contributed by atoms with Gasteiger partial charge in [-0.05, 0) is 35.9 Å². The van der Waals surface area contributed by atoms with E-state index in [-0.39, 0.29) is 30.0 Å². The molecule has 1 N–H and O–H groups in total. The van der Waals surface area contributed by atoms with Crippen molar-refractivity contribution in [1.82, 2.24) is 4.90 Å². The number of Topliss-reactive ketones (excluding diaryl/α,β-unsaturated/α-hetero) is 1. The van der Waals surface area contributed by atoms with Crippen LogP contribution in [0.1, 0.15) is 24.1 Å². The molecule has 0 saturated carbocycles. The zero-order valence-electron chi connectivity index (χ0n) is 18.8. The van der Waals surface area contributed by atoms with Gasteiger partial charge in [0.05, 0.1) is 38.0 Å². The summed E-state index contributed by atoms with van der Waals surface area (Å²) < 4.78 is 20.9. The summed E-state index contributed by atoms with van der Waals surface area (Å²) in [5.41, 5.74) is 0.554. The van der Waals surface area contributed by atoms with Crippen LogP contribution in [-0.4, -0.2) is 62.1 Å². The predicted octanol–water partition coefficient (Wildman–Crippen LogP) is 2.70. The molecule has 1 aliphatic heterocycles. The van der Waals surface area contributed by atoms with Crippen molar-refractivity contribution >= 4 is 23.4 Å². The van der Waals surface area contributed by atoms with Crippen LogP contribution in [0.2, 0.25) is 0 Å². The number of carbonyl (C=O) groups excluding carboxylic acids is 3. The van der Waals surface area contributed by atoms with Crippen molar-refractivity contribution in [2.75, 3.05) is 34.5 Å².